The highest BCUT2D eigenvalue weighted by Crippen LogP contribution is 2.28. The zero-order valence-electron chi connectivity index (χ0n) is 23.1. The molecule has 0 radical (unpaired) electrons. The number of benzene rings is 4. The molecule has 0 saturated heterocycles. The maximum absolute atomic E-state index is 12.7. The van der Waals surface area contributed by atoms with E-state index in [2.05, 4.69) is 20.8 Å². The van der Waals surface area contributed by atoms with Crippen molar-refractivity contribution in [2.45, 2.75) is 18.6 Å². The Morgan fingerprint density at radius 3 is 2.26 bits per heavy atom. The topological polar surface area (TPSA) is 98.1 Å². The van der Waals surface area contributed by atoms with E-state index in [-0.39, 0.29) is 22.6 Å². The molecule has 0 saturated carbocycles. The predicted molar refractivity (Wildman–Crippen MR) is 172 cm³/mol. The third kappa shape index (κ3) is 7.95. The van der Waals surface area contributed by atoms with Crippen molar-refractivity contribution in [1.29, 1.82) is 0 Å². The predicted octanol–water partition coefficient (Wildman–Crippen LogP) is 7.68. The molecular weight excluding hydrogens is 605 g/mol. The maximum atomic E-state index is 12.7. The Morgan fingerprint density at radius 1 is 0.860 bits per heavy atom. The van der Waals surface area contributed by atoms with Crippen LogP contribution in [0, 0.1) is 0 Å². The number of amides is 2. The number of nitrogens with zero attached hydrogens (tertiary/aromatic N) is 3. The molecule has 0 aliphatic heterocycles. The van der Waals surface area contributed by atoms with Crippen molar-refractivity contribution in [2.24, 2.45) is 0 Å². The molecule has 0 fully saturated rings. The summed E-state index contributed by atoms with van der Waals surface area (Å²) in [7, 11) is 0. The number of halogens is 2. The van der Waals surface area contributed by atoms with Gasteiger partial charge in [0.05, 0.1) is 29.5 Å². The van der Waals surface area contributed by atoms with Crippen LogP contribution in [-0.4, -0.2) is 38.9 Å². The number of hydrogen-bond acceptors (Lipinski definition) is 6. The Balaban J connectivity index is 1.31. The van der Waals surface area contributed by atoms with Crippen molar-refractivity contribution in [1.82, 2.24) is 14.8 Å². The van der Waals surface area contributed by atoms with E-state index in [1.54, 1.807) is 36.4 Å². The van der Waals surface area contributed by atoms with E-state index in [0.717, 1.165) is 16.9 Å². The van der Waals surface area contributed by atoms with E-state index >= 15 is 0 Å². The maximum Gasteiger partial charge on any atom is 0.257 e. The van der Waals surface area contributed by atoms with Gasteiger partial charge in [-0.25, -0.2) is 0 Å². The number of nitrogens with one attached hydrogen (secondary N) is 2. The quantitative estimate of drug-likeness (QED) is 0.145. The summed E-state index contributed by atoms with van der Waals surface area (Å²) in [6.45, 7) is 3.01. The zero-order chi connectivity index (χ0) is 30.2. The molecule has 2 amide bonds. The van der Waals surface area contributed by atoms with Crippen molar-refractivity contribution >= 4 is 58.2 Å². The summed E-state index contributed by atoms with van der Waals surface area (Å²) in [5.41, 5.74) is 3.47. The van der Waals surface area contributed by atoms with Crippen molar-refractivity contribution in [3.63, 3.8) is 0 Å². The summed E-state index contributed by atoms with van der Waals surface area (Å²) in [6.07, 6.45) is 0. The molecule has 1 heterocycles. The average molecular weight is 633 g/mol. The normalized spacial score (nSPS) is 10.8. The first-order valence-electron chi connectivity index (χ1n) is 13.4. The second-order valence-corrected chi connectivity index (χ2v) is 11.1. The number of hydrogen-bond donors (Lipinski definition) is 2. The Bertz CT molecular complexity index is 1710. The molecule has 0 unspecified atom stereocenters. The number of anilines is 2. The Hall–Kier alpha value is -4.31. The largest absolute Gasteiger partial charge is 0.494 e. The summed E-state index contributed by atoms with van der Waals surface area (Å²) in [4.78, 5) is 25.5. The van der Waals surface area contributed by atoms with E-state index in [1.165, 1.54) is 17.8 Å². The molecule has 0 aliphatic rings. The van der Waals surface area contributed by atoms with Crippen molar-refractivity contribution < 1.29 is 14.3 Å². The van der Waals surface area contributed by atoms with Crippen LogP contribution in [0.5, 0.6) is 5.75 Å². The second kappa shape index (κ2) is 14.2. The molecule has 218 valence electrons. The smallest absolute Gasteiger partial charge is 0.257 e. The van der Waals surface area contributed by atoms with Gasteiger partial charge in [-0.1, -0.05) is 65.3 Å². The van der Waals surface area contributed by atoms with Gasteiger partial charge in [-0.2, -0.15) is 0 Å². The Labute approximate surface area is 263 Å². The molecule has 5 rings (SSSR count). The van der Waals surface area contributed by atoms with E-state index in [0.29, 0.717) is 46.1 Å². The van der Waals surface area contributed by atoms with Gasteiger partial charge in [-0.3, -0.25) is 14.2 Å². The fraction of sp³-hybridized carbons (Fsp3) is 0.125. The molecule has 4 aromatic carbocycles. The van der Waals surface area contributed by atoms with Crippen LogP contribution in [0.15, 0.2) is 102 Å². The molecule has 1 aromatic heterocycles. The standard InChI is InChI=1S/C32H27Cl2N5O3S/c1-2-42-26-15-13-24(14-16-26)35-29(40)20-43-32-38-37-30(39(32)19-21-6-4-3-5-7-21)22-8-11-25(12-9-22)36-31(41)27-17-10-23(33)18-28(27)34/h3-18H,2,19-20H2,1H3,(H,35,40)(H,36,41). The summed E-state index contributed by atoms with van der Waals surface area (Å²) < 4.78 is 7.44. The van der Waals surface area contributed by atoms with Gasteiger partial charge in [0.1, 0.15) is 5.75 Å². The monoisotopic (exact) mass is 631 g/mol. The minimum Gasteiger partial charge on any atom is -0.494 e. The molecule has 0 spiro atoms. The average Bonchev–Trinajstić information content (AvgIpc) is 3.40. The molecule has 11 heteroatoms. The van der Waals surface area contributed by atoms with Crippen LogP contribution in [0.2, 0.25) is 10.0 Å². The van der Waals surface area contributed by atoms with Gasteiger partial charge in [-0.15, -0.1) is 10.2 Å². The number of ether oxygens (including phenoxy) is 1. The fourth-order valence-corrected chi connectivity index (χ4v) is 5.45. The molecule has 0 aliphatic carbocycles. The van der Waals surface area contributed by atoms with Gasteiger partial charge >= 0.3 is 0 Å². The van der Waals surface area contributed by atoms with E-state index in [1.807, 2.05) is 66.1 Å². The van der Waals surface area contributed by atoms with E-state index in [4.69, 9.17) is 27.9 Å². The lowest BCUT2D eigenvalue weighted by molar-refractivity contribution is -0.113. The van der Waals surface area contributed by atoms with Crippen molar-refractivity contribution in [3.8, 4) is 17.1 Å². The number of carbonyl (C=O) groups is 2. The van der Waals surface area contributed by atoms with Crippen LogP contribution in [0.4, 0.5) is 11.4 Å². The first-order valence-corrected chi connectivity index (χ1v) is 15.1. The lowest BCUT2D eigenvalue weighted by atomic mass is 10.1. The van der Waals surface area contributed by atoms with Gasteiger partial charge in [-0.05, 0) is 79.2 Å². The van der Waals surface area contributed by atoms with Crippen molar-refractivity contribution in [2.75, 3.05) is 23.0 Å². The van der Waals surface area contributed by atoms with Gasteiger partial charge in [0.15, 0.2) is 11.0 Å². The first-order chi connectivity index (χ1) is 20.9. The highest BCUT2D eigenvalue weighted by Gasteiger charge is 2.17. The number of aromatic nitrogens is 3. The van der Waals surface area contributed by atoms with Crippen LogP contribution < -0.4 is 15.4 Å². The van der Waals surface area contributed by atoms with Crippen LogP contribution in [0.1, 0.15) is 22.8 Å². The first kappa shape index (κ1) is 30.2. The van der Waals surface area contributed by atoms with Gasteiger partial charge in [0.2, 0.25) is 5.91 Å². The minimum absolute atomic E-state index is 0.151. The molecule has 2 N–H and O–H groups in total. The van der Waals surface area contributed by atoms with E-state index in [9.17, 15) is 9.59 Å². The highest BCUT2D eigenvalue weighted by atomic mass is 35.5. The van der Waals surface area contributed by atoms with Gasteiger partial charge in [0, 0.05) is 22.0 Å². The van der Waals surface area contributed by atoms with Gasteiger partial charge in [0.25, 0.3) is 5.91 Å². The summed E-state index contributed by atoms with van der Waals surface area (Å²) in [6, 6.07) is 29.2. The second-order valence-electron chi connectivity index (χ2n) is 9.33. The van der Waals surface area contributed by atoms with Gasteiger partial charge < -0.3 is 15.4 Å². The lowest BCUT2D eigenvalue weighted by Crippen LogP contribution is -2.15. The third-order valence-electron chi connectivity index (χ3n) is 6.26. The molecule has 5 aromatic rings. The highest BCUT2D eigenvalue weighted by molar-refractivity contribution is 7.99. The third-order valence-corrected chi connectivity index (χ3v) is 7.77. The summed E-state index contributed by atoms with van der Waals surface area (Å²) >= 11 is 13.4. The molecule has 0 bridgehead atoms. The Kier molecular flexibility index (Phi) is 9.99. The molecule has 0 atom stereocenters. The zero-order valence-corrected chi connectivity index (χ0v) is 25.4. The SMILES string of the molecule is CCOc1ccc(NC(=O)CSc2nnc(-c3ccc(NC(=O)c4ccc(Cl)cc4Cl)cc3)n2Cc2ccccc2)cc1. The van der Waals surface area contributed by atoms with Crippen molar-refractivity contribution in [3.05, 3.63) is 118 Å². The Morgan fingerprint density at radius 2 is 1.56 bits per heavy atom. The summed E-state index contributed by atoms with van der Waals surface area (Å²) in [5, 5.41) is 16.0. The molecular formula is C32H27Cl2N5O3S. The fourth-order valence-electron chi connectivity index (χ4n) is 4.22. The molecule has 8 nitrogen and oxygen atoms in total. The van der Waals surface area contributed by atoms with Crippen LogP contribution >= 0.6 is 35.0 Å². The number of carbonyl (C=O) groups excluding carboxylic acids is 2. The molecule has 43 heavy (non-hydrogen) atoms. The lowest BCUT2D eigenvalue weighted by Gasteiger charge is -2.12. The summed E-state index contributed by atoms with van der Waals surface area (Å²) in [5.74, 6) is 1.03. The van der Waals surface area contributed by atoms with Crippen LogP contribution in [-0.2, 0) is 11.3 Å². The van der Waals surface area contributed by atoms with Crippen LogP contribution in [0.3, 0.4) is 0 Å². The minimum atomic E-state index is -0.344. The van der Waals surface area contributed by atoms with E-state index < -0.39 is 0 Å². The number of thioether (sulfide) groups is 1. The number of rotatable bonds is 11. The van der Waals surface area contributed by atoms with Crippen LogP contribution in [0.25, 0.3) is 11.4 Å².